The van der Waals surface area contributed by atoms with E-state index in [4.69, 9.17) is 9.47 Å². The summed E-state index contributed by atoms with van der Waals surface area (Å²) < 4.78 is 10.8. The number of anilines is 1. The SMILES string of the molecule is COc1ccccc1C(=O)N1C[C@@H]2[C@H](c3ccccc31)[C@H](CO)N2C(=O)C1CCOCC1. The molecule has 0 unspecified atom stereocenters. The summed E-state index contributed by atoms with van der Waals surface area (Å²) in [5.41, 5.74) is 2.33. The number of carbonyl (C=O) groups is 2. The number of amides is 2. The Bertz CT molecular complexity index is 1020. The molecule has 0 saturated carbocycles. The van der Waals surface area contributed by atoms with Crippen molar-refractivity contribution in [3.63, 3.8) is 0 Å². The summed E-state index contributed by atoms with van der Waals surface area (Å²) in [6, 6.07) is 14.6. The first-order valence-electron chi connectivity index (χ1n) is 11.2. The van der Waals surface area contributed by atoms with Crippen LogP contribution in [0.3, 0.4) is 0 Å². The predicted octanol–water partition coefficient (Wildman–Crippen LogP) is 2.44. The van der Waals surface area contributed by atoms with E-state index in [1.807, 2.05) is 41.3 Å². The summed E-state index contributed by atoms with van der Waals surface area (Å²) in [7, 11) is 1.55. The van der Waals surface area contributed by atoms with E-state index >= 15 is 0 Å². The molecule has 2 aromatic rings. The van der Waals surface area contributed by atoms with Crippen molar-refractivity contribution < 1.29 is 24.2 Å². The van der Waals surface area contributed by atoms with Crippen LogP contribution in [0.15, 0.2) is 48.5 Å². The first kappa shape index (κ1) is 21.0. The summed E-state index contributed by atoms with van der Waals surface area (Å²) >= 11 is 0. The highest BCUT2D eigenvalue weighted by molar-refractivity contribution is 6.09. The Morgan fingerprint density at radius 1 is 1.09 bits per heavy atom. The van der Waals surface area contributed by atoms with Gasteiger partial charge in [0.1, 0.15) is 5.75 Å². The van der Waals surface area contributed by atoms with Crippen LogP contribution in [-0.4, -0.2) is 67.4 Å². The summed E-state index contributed by atoms with van der Waals surface area (Å²) in [6.07, 6.45) is 1.40. The van der Waals surface area contributed by atoms with Crippen LogP contribution in [0.1, 0.15) is 34.7 Å². The predicted molar refractivity (Wildman–Crippen MR) is 119 cm³/mol. The molecule has 0 aromatic heterocycles. The van der Waals surface area contributed by atoms with Gasteiger partial charge in [-0.15, -0.1) is 0 Å². The lowest BCUT2D eigenvalue weighted by molar-refractivity contribution is -0.157. The van der Waals surface area contributed by atoms with Gasteiger partial charge < -0.3 is 24.4 Å². The van der Waals surface area contributed by atoms with Gasteiger partial charge in [-0.3, -0.25) is 9.59 Å². The van der Waals surface area contributed by atoms with Gasteiger partial charge in [-0.2, -0.15) is 0 Å². The van der Waals surface area contributed by atoms with Crippen molar-refractivity contribution in [2.24, 2.45) is 5.92 Å². The number of hydrogen-bond donors (Lipinski definition) is 1. The smallest absolute Gasteiger partial charge is 0.262 e. The first-order valence-corrected chi connectivity index (χ1v) is 11.2. The maximum Gasteiger partial charge on any atom is 0.262 e. The minimum atomic E-state index is -0.264. The monoisotopic (exact) mass is 436 g/mol. The Morgan fingerprint density at radius 3 is 2.56 bits per heavy atom. The minimum absolute atomic E-state index is 0.0155. The van der Waals surface area contributed by atoms with Crippen molar-refractivity contribution in [2.45, 2.75) is 30.8 Å². The fraction of sp³-hybridized carbons (Fsp3) is 0.440. The molecule has 3 heterocycles. The van der Waals surface area contributed by atoms with Gasteiger partial charge in [-0.05, 0) is 36.6 Å². The van der Waals surface area contributed by atoms with Gasteiger partial charge in [-0.1, -0.05) is 30.3 Å². The molecule has 32 heavy (non-hydrogen) atoms. The molecule has 3 aliphatic rings. The molecule has 7 nitrogen and oxygen atoms in total. The quantitative estimate of drug-likeness (QED) is 0.797. The van der Waals surface area contributed by atoms with Crippen LogP contribution in [0.2, 0.25) is 0 Å². The third kappa shape index (κ3) is 3.27. The van der Waals surface area contributed by atoms with E-state index in [1.54, 1.807) is 24.1 Å². The van der Waals surface area contributed by atoms with Crippen LogP contribution < -0.4 is 9.64 Å². The molecule has 0 radical (unpaired) electrons. The summed E-state index contributed by atoms with van der Waals surface area (Å²) in [5, 5.41) is 10.2. The standard InChI is InChI=1S/C25H28N2O5/c1-31-22-9-5-3-7-18(22)25(30)26-14-20-23(17-6-2-4-8-19(17)26)21(15-28)27(20)24(29)16-10-12-32-13-11-16/h2-9,16,20-21,23,28H,10-15H2,1H3/t20-,21+,23+/m1/s1. The van der Waals surface area contributed by atoms with Gasteiger partial charge in [0.05, 0.1) is 31.4 Å². The Labute approximate surface area is 187 Å². The van der Waals surface area contributed by atoms with Crippen LogP contribution in [0.5, 0.6) is 5.75 Å². The van der Waals surface area contributed by atoms with E-state index < -0.39 is 0 Å². The minimum Gasteiger partial charge on any atom is -0.496 e. The third-order valence-electron chi connectivity index (χ3n) is 7.09. The fourth-order valence-electron chi connectivity index (χ4n) is 5.51. The molecule has 168 valence electrons. The second-order valence-corrected chi connectivity index (χ2v) is 8.65. The Kier molecular flexibility index (Phi) is 5.61. The molecule has 0 bridgehead atoms. The summed E-state index contributed by atoms with van der Waals surface area (Å²) in [6.45, 7) is 1.47. The maximum absolute atomic E-state index is 13.6. The largest absolute Gasteiger partial charge is 0.496 e. The molecule has 1 N–H and O–H groups in total. The number of fused-ring (bicyclic) bond motifs is 3. The van der Waals surface area contributed by atoms with Gasteiger partial charge in [0.25, 0.3) is 5.91 Å². The molecule has 0 aliphatic carbocycles. The molecule has 3 aliphatic heterocycles. The molecule has 0 spiro atoms. The topological polar surface area (TPSA) is 79.3 Å². The van der Waals surface area contributed by atoms with Crippen molar-refractivity contribution in [1.29, 1.82) is 0 Å². The van der Waals surface area contributed by atoms with Crippen LogP contribution >= 0.6 is 0 Å². The van der Waals surface area contributed by atoms with Gasteiger partial charge in [0.2, 0.25) is 5.91 Å². The fourth-order valence-corrected chi connectivity index (χ4v) is 5.51. The van der Waals surface area contributed by atoms with Crippen LogP contribution in [0, 0.1) is 5.92 Å². The zero-order valence-electron chi connectivity index (χ0n) is 18.1. The number of aliphatic hydroxyl groups excluding tert-OH is 1. The highest BCUT2D eigenvalue weighted by Crippen LogP contribution is 2.49. The van der Waals surface area contributed by atoms with Crippen molar-refractivity contribution >= 4 is 17.5 Å². The van der Waals surface area contributed by atoms with E-state index in [9.17, 15) is 14.7 Å². The summed E-state index contributed by atoms with van der Waals surface area (Å²) in [5.74, 6) is 0.363. The second kappa shape index (κ2) is 8.56. The van der Waals surface area contributed by atoms with E-state index in [2.05, 4.69) is 0 Å². The Hall–Kier alpha value is -2.90. The normalized spacial score (nSPS) is 24.9. The molecular weight excluding hydrogens is 408 g/mol. The maximum atomic E-state index is 13.6. The second-order valence-electron chi connectivity index (χ2n) is 8.65. The van der Waals surface area contributed by atoms with Crippen LogP contribution in [0.4, 0.5) is 5.69 Å². The third-order valence-corrected chi connectivity index (χ3v) is 7.09. The molecule has 2 fully saturated rings. The van der Waals surface area contributed by atoms with Crippen molar-refractivity contribution in [1.82, 2.24) is 4.90 Å². The Morgan fingerprint density at radius 2 is 1.81 bits per heavy atom. The molecule has 3 atom stereocenters. The van der Waals surface area contributed by atoms with E-state index in [1.165, 1.54) is 0 Å². The number of likely N-dealkylation sites (tertiary alicyclic amines) is 1. The molecule has 2 aromatic carbocycles. The van der Waals surface area contributed by atoms with Crippen LogP contribution in [0.25, 0.3) is 0 Å². The number of rotatable bonds is 4. The summed E-state index contributed by atoms with van der Waals surface area (Å²) in [4.78, 5) is 30.6. The average molecular weight is 437 g/mol. The average Bonchev–Trinajstić information content (AvgIpc) is 2.84. The highest BCUT2D eigenvalue weighted by Gasteiger charge is 2.56. The number of para-hydroxylation sites is 2. The van der Waals surface area contributed by atoms with Gasteiger partial charge in [0.15, 0.2) is 0 Å². The molecular formula is C25H28N2O5. The Balaban J connectivity index is 1.50. The number of carbonyl (C=O) groups excluding carboxylic acids is 2. The zero-order chi connectivity index (χ0) is 22.2. The first-order chi connectivity index (χ1) is 15.7. The van der Waals surface area contributed by atoms with Crippen molar-refractivity contribution in [3.05, 3.63) is 59.7 Å². The van der Waals surface area contributed by atoms with Gasteiger partial charge in [0, 0.05) is 37.3 Å². The lowest BCUT2D eigenvalue weighted by Crippen LogP contribution is -2.71. The van der Waals surface area contributed by atoms with E-state index in [0.717, 1.165) is 11.3 Å². The molecule has 2 amide bonds. The molecule has 2 saturated heterocycles. The van der Waals surface area contributed by atoms with Crippen molar-refractivity contribution in [3.8, 4) is 5.75 Å². The lowest BCUT2D eigenvalue weighted by Gasteiger charge is -2.59. The number of hydrogen-bond acceptors (Lipinski definition) is 5. The van der Waals surface area contributed by atoms with Crippen LogP contribution in [-0.2, 0) is 9.53 Å². The highest BCUT2D eigenvalue weighted by atomic mass is 16.5. The van der Waals surface area contributed by atoms with Gasteiger partial charge in [-0.25, -0.2) is 0 Å². The lowest BCUT2D eigenvalue weighted by atomic mass is 9.71. The molecule has 5 rings (SSSR count). The number of benzene rings is 2. The van der Waals surface area contributed by atoms with E-state index in [-0.39, 0.29) is 42.3 Å². The molecule has 7 heteroatoms. The van der Waals surface area contributed by atoms with E-state index in [0.29, 0.717) is 43.9 Å². The number of methoxy groups -OCH3 is 1. The van der Waals surface area contributed by atoms with Crippen molar-refractivity contribution in [2.75, 3.05) is 38.4 Å². The van der Waals surface area contributed by atoms with Gasteiger partial charge >= 0.3 is 0 Å². The number of nitrogens with zero attached hydrogens (tertiary/aromatic N) is 2. The zero-order valence-corrected chi connectivity index (χ0v) is 18.1. The number of aliphatic hydroxyl groups is 1. The number of ether oxygens (including phenoxy) is 2.